The SMILES string of the molecule is Cc1cccnc1NC(=O)C1(C#N)CC1. The van der Waals surface area contributed by atoms with E-state index >= 15 is 0 Å². The Morgan fingerprint density at radius 3 is 2.93 bits per heavy atom. The van der Waals surface area contributed by atoms with E-state index in [0.717, 1.165) is 5.56 Å². The molecule has 0 atom stereocenters. The molecule has 2 rings (SSSR count). The maximum absolute atomic E-state index is 11.7. The van der Waals surface area contributed by atoms with Gasteiger partial charge in [0.05, 0.1) is 6.07 Å². The van der Waals surface area contributed by atoms with Crippen LogP contribution in [0.2, 0.25) is 0 Å². The molecule has 1 amide bonds. The molecule has 1 fully saturated rings. The number of carbonyl (C=O) groups is 1. The van der Waals surface area contributed by atoms with Crippen molar-refractivity contribution in [3.63, 3.8) is 0 Å². The van der Waals surface area contributed by atoms with Gasteiger partial charge in [-0.3, -0.25) is 4.79 Å². The summed E-state index contributed by atoms with van der Waals surface area (Å²) in [5.74, 6) is 0.316. The summed E-state index contributed by atoms with van der Waals surface area (Å²) in [6.07, 6.45) is 2.93. The molecule has 0 saturated heterocycles. The largest absolute Gasteiger partial charge is 0.309 e. The fourth-order valence-corrected chi connectivity index (χ4v) is 1.36. The number of nitrogens with zero attached hydrogens (tertiary/aromatic N) is 2. The number of rotatable bonds is 2. The van der Waals surface area contributed by atoms with Crippen LogP contribution < -0.4 is 5.32 Å². The molecule has 0 aromatic carbocycles. The van der Waals surface area contributed by atoms with Gasteiger partial charge in [0.25, 0.3) is 0 Å². The summed E-state index contributed by atoms with van der Waals surface area (Å²) in [5, 5.41) is 11.5. The van der Waals surface area contributed by atoms with Crippen molar-refractivity contribution in [3.05, 3.63) is 23.9 Å². The van der Waals surface area contributed by atoms with Gasteiger partial charge in [-0.15, -0.1) is 0 Å². The first-order chi connectivity index (χ1) is 7.18. The number of carbonyl (C=O) groups excluding carboxylic acids is 1. The van der Waals surface area contributed by atoms with Crippen LogP contribution in [-0.4, -0.2) is 10.9 Å². The van der Waals surface area contributed by atoms with Gasteiger partial charge in [-0.25, -0.2) is 4.98 Å². The topological polar surface area (TPSA) is 65.8 Å². The lowest BCUT2D eigenvalue weighted by Crippen LogP contribution is -2.23. The number of aromatic nitrogens is 1. The second-order valence-electron chi connectivity index (χ2n) is 3.82. The lowest BCUT2D eigenvalue weighted by Gasteiger charge is -2.08. The molecule has 0 unspecified atom stereocenters. The van der Waals surface area contributed by atoms with Crippen molar-refractivity contribution >= 4 is 11.7 Å². The fourth-order valence-electron chi connectivity index (χ4n) is 1.36. The van der Waals surface area contributed by atoms with E-state index in [9.17, 15) is 4.79 Å². The third-order valence-corrected chi connectivity index (χ3v) is 2.64. The minimum Gasteiger partial charge on any atom is -0.309 e. The molecule has 1 aromatic rings. The molecule has 1 aliphatic rings. The quantitative estimate of drug-likeness (QED) is 0.790. The minimum absolute atomic E-state index is 0.230. The van der Waals surface area contributed by atoms with Crippen LogP contribution in [0.4, 0.5) is 5.82 Å². The Balaban J connectivity index is 2.14. The zero-order chi connectivity index (χ0) is 10.9. The Hall–Kier alpha value is -1.89. The van der Waals surface area contributed by atoms with Gasteiger partial charge < -0.3 is 5.32 Å². The van der Waals surface area contributed by atoms with Crippen LogP contribution in [0, 0.1) is 23.7 Å². The molecule has 1 aromatic heterocycles. The highest BCUT2D eigenvalue weighted by molar-refractivity contribution is 5.98. The third kappa shape index (κ3) is 1.68. The minimum atomic E-state index is -0.788. The van der Waals surface area contributed by atoms with Crippen molar-refractivity contribution in [2.45, 2.75) is 19.8 Å². The number of pyridine rings is 1. The molecule has 4 nitrogen and oxygen atoms in total. The van der Waals surface area contributed by atoms with E-state index in [1.807, 2.05) is 19.1 Å². The molecule has 0 aliphatic heterocycles. The second kappa shape index (κ2) is 3.35. The fraction of sp³-hybridized carbons (Fsp3) is 0.364. The Labute approximate surface area is 87.9 Å². The molecule has 76 valence electrons. The van der Waals surface area contributed by atoms with Crippen LogP contribution in [0.3, 0.4) is 0 Å². The Bertz CT molecular complexity index is 443. The summed E-state index contributed by atoms with van der Waals surface area (Å²) in [5.41, 5.74) is 0.115. The molecule has 0 spiro atoms. The summed E-state index contributed by atoms with van der Waals surface area (Å²) in [7, 11) is 0. The maximum Gasteiger partial charge on any atom is 0.246 e. The Kier molecular flexibility index (Phi) is 2.16. The maximum atomic E-state index is 11.7. The normalized spacial score (nSPS) is 16.5. The van der Waals surface area contributed by atoms with E-state index in [0.29, 0.717) is 18.7 Å². The highest BCUT2D eigenvalue weighted by Crippen LogP contribution is 2.45. The van der Waals surface area contributed by atoms with Crippen molar-refractivity contribution in [2.75, 3.05) is 5.32 Å². The molecular weight excluding hydrogens is 190 g/mol. The summed E-state index contributed by atoms with van der Waals surface area (Å²) < 4.78 is 0. The van der Waals surface area contributed by atoms with E-state index < -0.39 is 5.41 Å². The third-order valence-electron chi connectivity index (χ3n) is 2.64. The number of hydrogen-bond acceptors (Lipinski definition) is 3. The van der Waals surface area contributed by atoms with Crippen LogP contribution >= 0.6 is 0 Å². The summed E-state index contributed by atoms with van der Waals surface area (Å²) in [4.78, 5) is 15.8. The van der Waals surface area contributed by atoms with E-state index in [-0.39, 0.29) is 5.91 Å². The van der Waals surface area contributed by atoms with E-state index in [2.05, 4.69) is 16.4 Å². The first kappa shape index (κ1) is 9.66. The van der Waals surface area contributed by atoms with E-state index in [1.165, 1.54) is 0 Å². The molecule has 1 saturated carbocycles. The molecule has 0 bridgehead atoms. The predicted octanol–water partition coefficient (Wildman–Crippen LogP) is 1.63. The highest BCUT2D eigenvalue weighted by atomic mass is 16.2. The van der Waals surface area contributed by atoms with E-state index in [1.54, 1.807) is 6.20 Å². The molecular formula is C11H11N3O. The second-order valence-corrected chi connectivity index (χ2v) is 3.82. The first-order valence-corrected chi connectivity index (χ1v) is 4.82. The van der Waals surface area contributed by atoms with E-state index in [4.69, 9.17) is 5.26 Å². The number of amides is 1. The van der Waals surface area contributed by atoms with Crippen molar-refractivity contribution < 1.29 is 4.79 Å². The monoisotopic (exact) mass is 201 g/mol. The Morgan fingerprint density at radius 1 is 1.67 bits per heavy atom. The van der Waals surface area contributed by atoms with Crippen LogP contribution in [-0.2, 0) is 4.79 Å². The molecule has 0 radical (unpaired) electrons. The van der Waals surface area contributed by atoms with Gasteiger partial charge in [-0.1, -0.05) is 6.07 Å². The average Bonchev–Trinajstić information content (AvgIpc) is 3.02. The number of nitriles is 1. The number of aryl methyl sites for hydroxylation is 1. The standard InChI is InChI=1S/C11H11N3O/c1-8-3-2-6-13-9(8)14-10(15)11(7-12)4-5-11/h2-3,6H,4-5H2,1H3,(H,13,14,15). The van der Waals surface area contributed by atoms with Gasteiger partial charge in [0, 0.05) is 6.20 Å². The van der Waals surface area contributed by atoms with Crippen LogP contribution in [0.15, 0.2) is 18.3 Å². The summed E-state index contributed by atoms with van der Waals surface area (Å²) in [6.45, 7) is 1.87. The number of nitrogens with one attached hydrogen (secondary N) is 1. The van der Waals surface area contributed by atoms with Crippen molar-refractivity contribution in [1.82, 2.24) is 4.98 Å². The van der Waals surface area contributed by atoms with Gasteiger partial charge in [-0.2, -0.15) is 5.26 Å². The van der Waals surface area contributed by atoms with Crippen LogP contribution in [0.1, 0.15) is 18.4 Å². The zero-order valence-electron chi connectivity index (χ0n) is 8.45. The smallest absolute Gasteiger partial charge is 0.246 e. The van der Waals surface area contributed by atoms with Crippen molar-refractivity contribution in [3.8, 4) is 6.07 Å². The van der Waals surface area contributed by atoms with Gasteiger partial charge in [0.15, 0.2) is 0 Å². The predicted molar refractivity (Wildman–Crippen MR) is 54.9 cm³/mol. The lowest BCUT2D eigenvalue weighted by atomic mass is 10.1. The lowest BCUT2D eigenvalue weighted by molar-refractivity contribution is -0.119. The zero-order valence-corrected chi connectivity index (χ0v) is 8.45. The molecule has 4 heteroatoms. The van der Waals surface area contributed by atoms with Gasteiger partial charge in [0.1, 0.15) is 11.2 Å². The number of anilines is 1. The van der Waals surface area contributed by atoms with Gasteiger partial charge >= 0.3 is 0 Å². The van der Waals surface area contributed by atoms with Gasteiger partial charge in [-0.05, 0) is 31.4 Å². The number of hydrogen-bond donors (Lipinski definition) is 1. The van der Waals surface area contributed by atoms with Crippen molar-refractivity contribution in [1.29, 1.82) is 5.26 Å². The van der Waals surface area contributed by atoms with Crippen molar-refractivity contribution in [2.24, 2.45) is 5.41 Å². The molecule has 1 aliphatic carbocycles. The molecule has 1 heterocycles. The summed E-state index contributed by atoms with van der Waals surface area (Å²) in [6, 6.07) is 5.73. The molecule has 1 N–H and O–H groups in total. The van der Waals surface area contributed by atoms with Gasteiger partial charge in [0.2, 0.25) is 5.91 Å². The van der Waals surface area contributed by atoms with Crippen LogP contribution in [0.5, 0.6) is 0 Å². The highest BCUT2D eigenvalue weighted by Gasteiger charge is 2.50. The first-order valence-electron chi connectivity index (χ1n) is 4.82. The Morgan fingerprint density at radius 2 is 2.40 bits per heavy atom. The summed E-state index contributed by atoms with van der Waals surface area (Å²) >= 11 is 0. The molecule has 15 heavy (non-hydrogen) atoms. The van der Waals surface area contributed by atoms with Crippen LogP contribution in [0.25, 0.3) is 0 Å². The average molecular weight is 201 g/mol.